The highest BCUT2D eigenvalue weighted by atomic mass is 32.1. The Morgan fingerprint density at radius 2 is 1.40 bits per heavy atom. The lowest BCUT2D eigenvalue weighted by Crippen LogP contribution is -2.34. The van der Waals surface area contributed by atoms with Crippen molar-refractivity contribution in [2.24, 2.45) is 0 Å². The van der Waals surface area contributed by atoms with Crippen molar-refractivity contribution in [2.45, 2.75) is 32.6 Å². The molecule has 0 unspecified atom stereocenters. The summed E-state index contributed by atoms with van der Waals surface area (Å²) >= 11 is 5.30. The van der Waals surface area contributed by atoms with Crippen LogP contribution in [-0.4, -0.2) is 30.8 Å². The van der Waals surface area contributed by atoms with Gasteiger partial charge in [0.25, 0.3) is 5.91 Å². The van der Waals surface area contributed by atoms with Crippen LogP contribution in [0.3, 0.4) is 0 Å². The number of unbranched alkanes of at least 4 members (excludes halogenated alkanes) is 3. The number of amides is 1. The molecule has 0 fully saturated rings. The summed E-state index contributed by atoms with van der Waals surface area (Å²) in [7, 11) is 0. The van der Waals surface area contributed by atoms with E-state index in [0.717, 1.165) is 23.6 Å². The summed E-state index contributed by atoms with van der Waals surface area (Å²) in [6.45, 7) is 3.66. The molecule has 1 amide bonds. The molecule has 3 aromatic carbocycles. The van der Waals surface area contributed by atoms with Gasteiger partial charge in [-0.25, -0.2) is 0 Å². The van der Waals surface area contributed by atoms with E-state index in [9.17, 15) is 4.79 Å². The summed E-state index contributed by atoms with van der Waals surface area (Å²) in [6.07, 6.45) is 4.68. The van der Waals surface area contributed by atoms with E-state index < -0.39 is 0 Å². The number of benzene rings is 3. The molecule has 0 saturated heterocycles. The molecule has 7 heteroatoms. The highest BCUT2D eigenvalue weighted by Gasteiger charge is 2.09. The van der Waals surface area contributed by atoms with E-state index in [1.165, 1.54) is 19.3 Å². The second kappa shape index (κ2) is 14.6. The largest absolute Gasteiger partial charge is 0.494 e. The van der Waals surface area contributed by atoms with Crippen molar-refractivity contribution < 1.29 is 19.0 Å². The molecule has 3 aromatic rings. The van der Waals surface area contributed by atoms with Crippen molar-refractivity contribution in [1.82, 2.24) is 5.32 Å². The van der Waals surface area contributed by atoms with Gasteiger partial charge in [0.1, 0.15) is 30.5 Å². The van der Waals surface area contributed by atoms with Crippen LogP contribution < -0.4 is 24.8 Å². The van der Waals surface area contributed by atoms with Gasteiger partial charge in [0.05, 0.1) is 6.61 Å². The molecular formula is C28H32N2O4S. The molecule has 0 heterocycles. The van der Waals surface area contributed by atoms with Gasteiger partial charge in [0.2, 0.25) is 0 Å². The SMILES string of the molecule is CCCCCCOc1ccc(NC(=S)NC(=O)c2cccc(OCCOc3ccccc3)c2)cc1. The molecule has 0 aliphatic rings. The van der Waals surface area contributed by atoms with E-state index in [1.807, 2.05) is 54.6 Å². The Hall–Kier alpha value is -3.58. The minimum atomic E-state index is -0.319. The molecule has 6 nitrogen and oxygen atoms in total. The number of nitrogens with one attached hydrogen (secondary N) is 2. The van der Waals surface area contributed by atoms with Gasteiger partial charge in [-0.3, -0.25) is 10.1 Å². The van der Waals surface area contributed by atoms with Crippen LogP contribution >= 0.6 is 12.2 Å². The molecule has 0 aliphatic heterocycles. The van der Waals surface area contributed by atoms with Gasteiger partial charge in [-0.05, 0) is 73.2 Å². The van der Waals surface area contributed by atoms with Crippen LogP contribution in [0.1, 0.15) is 43.0 Å². The van der Waals surface area contributed by atoms with Crippen LogP contribution in [0.25, 0.3) is 0 Å². The first-order valence-electron chi connectivity index (χ1n) is 11.9. The molecule has 184 valence electrons. The number of ether oxygens (including phenoxy) is 3. The predicted molar refractivity (Wildman–Crippen MR) is 144 cm³/mol. The van der Waals surface area contributed by atoms with Crippen LogP contribution in [0.15, 0.2) is 78.9 Å². The van der Waals surface area contributed by atoms with Crippen molar-refractivity contribution >= 4 is 28.9 Å². The van der Waals surface area contributed by atoms with Crippen LogP contribution in [0, 0.1) is 0 Å². The van der Waals surface area contributed by atoms with Crippen LogP contribution in [0.2, 0.25) is 0 Å². The third-order valence-corrected chi connectivity index (χ3v) is 5.27. The smallest absolute Gasteiger partial charge is 0.257 e. The Morgan fingerprint density at radius 3 is 2.14 bits per heavy atom. The van der Waals surface area contributed by atoms with Crippen molar-refractivity contribution in [3.63, 3.8) is 0 Å². The summed E-state index contributed by atoms with van der Waals surface area (Å²) in [5.41, 5.74) is 1.21. The fourth-order valence-electron chi connectivity index (χ4n) is 3.25. The van der Waals surface area contributed by atoms with Gasteiger partial charge in [0, 0.05) is 11.3 Å². The van der Waals surface area contributed by atoms with Crippen LogP contribution in [0.5, 0.6) is 17.2 Å². The van der Waals surface area contributed by atoms with Crippen molar-refractivity contribution in [1.29, 1.82) is 0 Å². The molecule has 0 aromatic heterocycles. The maximum atomic E-state index is 12.6. The molecule has 0 bridgehead atoms. The number of anilines is 1. The van der Waals surface area contributed by atoms with E-state index in [4.69, 9.17) is 26.4 Å². The molecular weight excluding hydrogens is 460 g/mol. The zero-order valence-electron chi connectivity index (χ0n) is 20.0. The molecule has 0 atom stereocenters. The first-order chi connectivity index (χ1) is 17.1. The van der Waals surface area contributed by atoms with Crippen LogP contribution in [-0.2, 0) is 0 Å². The standard InChI is InChI=1S/C28H32N2O4S/c1-2-3-4-8-18-32-25-16-14-23(15-17-25)29-28(35)30-27(31)22-10-9-13-26(21-22)34-20-19-33-24-11-6-5-7-12-24/h5-7,9-17,21H,2-4,8,18-20H2,1H3,(H2,29,30,31,35). The number of hydrogen-bond acceptors (Lipinski definition) is 5. The number of rotatable bonds is 13. The number of hydrogen-bond donors (Lipinski definition) is 2. The Morgan fingerprint density at radius 1 is 0.743 bits per heavy atom. The topological polar surface area (TPSA) is 68.8 Å². The highest BCUT2D eigenvalue weighted by Crippen LogP contribution is 2.17. The second-order valence-electron chi connectivity index (χ2n) is 7.88. The predicted octanol–water partition coefficient (Wildman–Crippen LogP) is 6.23. The van der Waals surface area contributed by atoms with Crippen LogP contribution in [0.4, 0.5) is 5.69 Å². The summed E-state index contributed by atoms with van der Waals surface area (Å²) in [5.74, 6) is 1.86. The molecule has 2 N–H and O–H groups in total. The van der Waals surface area contributed by atoms with Gasteiger partial charge < -0.3 is 19.5 Å². The number of thiocarbonyl (C=S) groups is 1. The number of para-hydroxylation sites is 1. The fourth-order valence-corrected chi connectivity index (χ4v) is 3.46. The van der Waals surface area contributed by atoms with E-state index in [1.54, 1.807) is 24.3 Å². The zero-order valence-corrected chi connectivity index (χ0v) is 20.8. The quantitative estimate of drug-likeness (QED) is 0.218. The van der Waals surface area contributed by atoms with E-state index in [2.05, 4.69) is 17.6 Å². The highest BCUT2D eigenvalue weighted by molar-refractivity contribution is 7.80. The number of carbonyl (C=O) groups is 1. The third kappa shape index (κ3) is 9.66. The second-order valence-corrected chi connectivity index (χ2v) is 8.29. The van der Waals surface area contributed by atoms with E-state index in [-0.39, 0.29) is 11.0 Å². The molecule has 0 saturated carbocycles. The van der Waals surface area contributed by atoms with Crippen molar-refractivity contribution in [3.8, 4) is 17.2 Å². The zero-order chi connectivity index (χ0) is 24.7. The molecule has 3 rings (SSSR count). The molecule has 0 aliphatic carbocycles. The Kier molecular flexibility index (Phi) is 10.9. The normalized spacial score (nSPS) is 10.3. The summed E-state index contributed by atoms with van der Waals surface area (Å²) in [6, 6.07) is 24.0. The fraction of sp³-hybridized carbons (Fsp3) is 0.286. The lowest BCUT2D eigenvalue weighted by molar-refractivity contribution is 0.0977. The summed E-state index contributed by atoms with van der Waals surface area (Å²) in [5, 5.41) is 5.93. The van der Waals surface area contributed by atoms with Gasteiger partial charge in [-0.1, -0.05) is 50.5 Å². The molecule has 0 spiro atoms. The minimum absolute atomic E-state index is 0.214. The first-order valence-corrected chi connectivity index (χ1v) is 12.3. The first kappa shape index (κ1) is 26.0. The summed E-state index contributed by atoms with van der Waals surface area (Å²) in [4.78, 5) is 12.6. The average Bonchev–Trinajstić information content (AvgIpc) is 2.88. The van der Waals surface area contributed by atoms with Gasteiger partial charge in [-0.2, -0.15) is 0 Å². The molecule has 0 radical (unpaired) electrons. The lowest BCUT2D eigenvalue weighted by atomic mass is 10.2. The lowest BCUT2D eigenvalue weighted by Gasteiger charge is -2.12. The number of carbonyl (C=O) groups excluding carboxylic acids is 1. The average molecular weight is 493 g/mol. The van der Waals surface area contributed by atoms with Gasteiger partial charge in [0.15, 0.2) is 5.11 Å². The Bertz CT molecular complexity index is 1060. The summed E-state index contributed by atoms with van der Waals surface area (Å²) < 4.78 is 17.1. The Labute approximate surface area is 212 Å². The molecule has 35 heavy (non-hydrogen) atoms. The van der Waals surface area contributed by atoms with Gasteiger partial charge >= 0.3 is 0 Å². The monoisotopic (exact) mass is 492 g/mol. The van der Waals surface area contributed by atoms with Crippen molar-refractivity contribution in [3.05, 3.63) is 84.4 Å². The third-order valence-electron chi connectivity index (χ3n) is 5.07. The van der Waals surface area contributed by atoms with E-state index >= 15 is 0 Å². The maximum Gasteiger partial charge on any atom is 0.257 e. The van der Waals surface area contributed by atoms with Gasteiger partial charge in [-0.15, -0.1) is 0 Å². The maximum absolute atomic E-state index is 12.6. The van der Waals surface area contributed by atoms with E-state index in [0.29, 0.717) is 31.1 Å². The Balaban J connectivity index is 1.40. The minimum Gasteiger partial charge on any atom is -0.494 e. The van der Waals surface area contributed by atoms with Crippen molar-refractivity contribution in [2.75, 3.05) is 25.1 Å².